The van der Waals surface area contributed by atoms with Crippen LogP contribution in [-0.4, -0.2) is 30.6 Å². The van der Waals surface area contributed by atoms with E-state index in [1.807, 2.05) is 13.8 Å². The third kappa shape index (κ3) is 4.05. The first-order valence-electron chi connectivity index (χ1n) is 8.55. The summed E-state index contributed by atoms with van der Waals surface area (Å²) in [5, 5.41) is 13.2. The Morgan fingerprint density at radius 1 is 1.33 bits per heavy atom. The minimum Gasteiger partial charge on any atom is -0.548 e. The monoisotopic (exact) mass is 374 g/mol. The second kappa shape index (κ2) is 6.94. The number of rotatable bonds is 5. The van der Waals surface area contributed by atoms with Crippen LogP contribution in [0.4, 0.5) is 0 Å². The van der Waals surface area contributed by atoms with Gasteiger partial charge in [-0.15, -0.1) is 0 Å². The first kappa shape index (κ1) is 18.8. The van der Waals surface area contributed by atoms with Crippen molar-refractivity contribution in [3.05, 3.63) is 33.7 Å². The third-order valence-electron chi connectivity index (χ3n) is 4.39. The van der Waals surface area contributed by atoms with Crippen LogP contribution in [0.1, 0.15) is 31.4 Å². The van der Waals surface area contributed by atoms with Crippen molar-refractivity contribution in [3.8, 4) is 11.5 Å². The van der Waals surface area contributed by atoms with Gasteiger partial charge in [-0.05, 0) is 39.2 Å². The molecule has 8 nitrogen and oxygen atoms in total. The Labute approximate surface area is 155 Å². The lowest BCUT2D eigenvalue weighted by Crippen LogP contribution is -2.39. The van der Waals surface area contributed by atoms with E-state index in [0.29, 0.717) is 34.5 Å². The Kier molecular flexibility index (Phi) is 4.82. The molecule has 0 spiro atoms. The number of nitrogens with one attached hydrogen (secondary N) is 1. The summed E-state index contributed by atoms with van der Waals surface area (Å²) in [5.74, 6) is -1.14. The van der Waals surface area contributed by atoms with Gasteiger partial charge in [-0.1, -0.05) is 0 Å². The fourth-order valence-corrected chi connectivity index (χ4v) is 3.10. The van der Waals surface area contributed by atoms with Crippen LogP contribution >= 0.6 is 0 Å². The van der Waals surface area contributed by atoms with Gasteiger partial charge in [-0.25, -0.2) is 4.79 Å². The van der Waals surface area contributed by atoms with Gasteiger partial charge in [-0.2, -0.15) is 0 Å². The highest BCUT2D eigenvalue weighted by molar-refractivity contribution is 5.92. The van der Waals surface area contributed by atoms with Crippen molar-refractivity contribution in [2.75, 3.05) is 13.2 Å². The Morgan fingerprint density at radius 3 is 2.78 bits per heavy atom. The molecule has 0 saturated carbocycles. The maximum absolute atomic E-state index is 11.9. The van der Waals surface area contributed by atoms with Gasteiger partial charge in [0.1, 0.15) is 22.7 Å². The fraction of sp³-hybridized carbons (Fsp3) is 0.421. The number of carboxylic acid groups (broad SMARTS) is 1. The molecule has 0 fully saturated rings. The average molecular weight is 374 g/mol. The van der Waals surface area contributed by atoms with E-state index in [-0.39, 0.29) is 5.60 Å². The van der Waals surface area contributed by atoms with Crippen LogP contribution in [0.25, 0.3) is 11.0 Å². The number of carboxylic acids is 1. The van der Waals surface area contributed by atoms with E-state index >= 15 is 0 Å². The Hall–Kier alpha value is -3.03. The van der Waals surface area contributed by atoms with Crippen LogP contribution in [-0.2, 0) is 16.0 Å². The SMILES string of the molecule is Cc1cc(=O)oc2c3c(cc(OCC(=O)NCC(=O)[O-])c12)OC(C)(C)CC3. The van der Waals surface area contributed by atoms with Crippen molar-refractivity contribution in [3.63, 3.8) is 0 Å². The van der Waals surface area contributed by atoms with Gasteiger partial charge in [0, 0.05) is 17.7 Å². The largest absolute Gasteiger partial charge is 0.548 e. The maximum atomic E-state index is 11.9. The van der Waals surface area contributed by atoms with Crippen molar-refractivity contribution >= 4 is 22.8 Å². The Bertz CT molecular complexity index is 974. The molecule has 27 heavy (non-hydrogen) atoms. The molecule has 144 valence electrons. The quantitative estimate of drug-likeness (QED) is 0.755. The van der Waals surface area contributed by atoms with Gasteiger partial charge in [0.2, 0.25) is 0 Å². The average Bonchev–Trinajstić information content (AvgIpc) is 2.56. The summed E-state index contributed by atoms with van der Waals surface area (Å²) in [6.07, 6.45) is 1.44. The molecular weight excluding hydrogens is 354 g/mol. The molecule has 0 bridgehead atoms. The molecule has 0 atom stereocenters. The molecule has 0 aliphatic carbocycles. The molecule has 0 saturated heterocycles. The van der Waals surface area contributed by atoms with Crippen LogP contribution in [0.5, 0.6) is 11.5 Å². The standard InChI is InChI=1S/C19H21NO7/c1-10-6-16(24)26-18-11-4-5-19(2,3)27-12(11)7-13(17(10)18)25-9-14(21)20-8-15(22)23/h6-7H,4-5,8-9H2,1-3H3,(H,20,21)(H,22,23)/p-1. The van der Waals surface area contributed by atoms with Crippen molar-refractivity contribution in [2.45, 2.75) is 39.2 Å². The highest BCUT2D eigenvalue weighted by Gasteiger charge is 2.30. The lowest BCUT2D eigenvalue weighted by atomic mass is 9.92. The number of amides is 1. The number of benzene rings is 1. The molecule has 1 aliphatic rings. The van der Waals surface area contributed by atoms with Crippen LogP contribution in [0, 0.1) is 6.92 Å². The summed E-state index contributed by atoms with van der Waals surface area (Å²) >= 11 is 0. The predicted octanol–water partition coefficient (Wildman–Crippen LogP) is 0.450. The van der Waals surface area contributed by atoms with Crippen LogP contribution < -0.4 is 25.5 Å². The van der Waals surface area contributed by atoms with Gasteiger partial charge in [-0.3, -0.25) is 4.79 Å². The first-order chi connectivity index (χ1) is 12.7. The highest BCUT2D eigenvalue weighted by Crippen LogP contribution is 2.42. The van der Waals surface area contributed by atoms with Gasteiger partial charge < -0.3 is 29.1 Å². The second-order valence-corrected chi connectivity index (χ2v) is 7.10. The highest BCUT2D eigenvalue weighted by atomic mass is 16.5. The van der Waals surface area contributed by atoms with Crippen LogP contribution in [0.3, 0.4) is 0 Å². The first-order valence-corrected chi connectivity index (χ1v) is 8.55. The van der Waals surface area contributed by atoms with Gasteiger partial charge in [0.05, 0.1) is 17.9 Å². The number of hydrogen-bond donors (Lipinski definition) is 1. The normalized spacial score (nSPS) is 14.9. The van der Waals surface area contributed by atoms with Crippen molar-refractivity contribution in [2.24, 2.45) is 0 Å². The van der Waals surface area contributed by atoms with E-state index in [4.69, 9.17) is 13.9 Å². The summed E-state index contributed by atoms with van der Waals surface area (Å²) in [4.78, 5) is 34.1. The molecule has 2 aromatic rings. The molecule has 1 aliphatic heterocycles. The van der Waals surface area contributed by atoms with Crippen LogP contribution in [0.15, 0.2) is 21.3 Å². The number of ether oxygens (including phenoxy) is 2. The molecule has 2 heterocycles. The van der Waals surface area contributed by atoms with Gasteiger partial charge in [0.25, 0.3) is 5.91 Å². The molecule has 0 radical (unpaired) electrons. The smallest absolute Gasteiger partial charge is 0.336 e. The van der Waals surface area contributed by atoms with E-state index in [2.05, 4.69) is 5.32 Å². The zero-order valence-corrected chi connectivity index (χ0v) is 15.3. The second-order valence-electron chi connectivity index (χ2n) is 7.10. The lowest BCUT2D eigenvalue weighted by molar-refractivity contribution is -0.304. The number of carbonyl (C=O) groups is 2. The molecule has 1 aromatic heterocycles. The Balaban J connectivity index is 2.00. The Morgan fingerprint density at radius 2 is 2.07 bits per heavy atom. The minimum absolute atomic E-state index is 0.325. The molecular formula is C19H20NO7-. The predicted molar refractivity (Wildman–Crippen MR) is 93.8 cm³/mol. The summed E-state index contributed by atoms with van der Waals surface area (Å²) < 4.78 is 17.0. The zero-order valence-electron chi connectivity index (χ0n) is 15.3. The van der Waals surface area contributed by atoms with Crippen molar-refractivity contribution < 1.29 is 28.6 Å². The van der Waals surface area contributed by atoms with Crippen molar-refractivity contribution in [1.82, 2.24) is 5.32 Å². The number of aryl methyl sites for hydroxylation is 2. The topological polar surface area (TPSA) is 118 Å². The number of fused-ring (bicyclic) bond motifs is 3. The molecule has 1 aromatic carbocycles. The minimum atomic E-state index is -1.39. The lowest BCUT2D eigenvalue weighted by Gasteiger charge is -2.33. The third-order valence-corrected chi connectivity index (χ3v) is 4.39. The molecule has 1 amide bonds. The molecule has 8 heteroatoms. The van der Waals surface area contributed by atoms with Gasteiger partial charge >= 0.3 is 5.63 Å². The molecule has 1 N–H and O–H groups in total. The molecule has 3 rings (SSSR count). The number of hydrogen-bond acceptors (Lipinski definition) is 7. The number of carbonyl (C=O) groups excluding carboxylic acids is 2. The maximum Gasteiger partial charge on any atom is 0.336 e. The van der Waals surface area contributed by atoms with Crippen LogP contribution in [0.2, 0.25) is 0 Å². The number of aliphatic carboxylic acids is 1. The van der Waals surface area contributed by atoms with Gasteiger partial charge in [0.15, 0.2) is 6.61 Å². The summed E-state index contributed by atoms with van der Waals surface area (Å²) in [6, 6.07) is 3.03. The molecule has 0 unspecified atom stereocenters. The van der Waals surface area contributed by atoms with E-state index < -0.39 is 30.7 Å². The fourth-order valence-electron chi connectivity index (χ4n) is 3.10. The van der Waals surface area contributed by atoms with E-state index in [9.17, 15) is 19.5 Å². The van der Waals surface area contributed by atoms with E-state index in [1.54, 1.807) is 13.0 Å². The summed E-state index contributed by atoms with van der Waals surface area (Å²) in [6.45, 7) is 4.67. The summed E-state index contributed by atoms with van der Waals surface area (Å²) in [7, 11) is 0. The van der Waals surface area contributed by atoms with E-state index in [1.165, 1.54) is 6.07 Å². The van der Waals surface area contributed by atoms with Crippen molar-refractivity contribution in [1.29, 1.82) is 0 Å². The van der Waals surface area contributed by atoms with E-state index in [0.717, 1.165) is 12.0 Å². The zero-order chi connectivity index (χ0) is 19.8. The summed E-state index contributed by atoms with van der Waals surface area (Å²) in [5.41, 5.74) is 0.973.